The predicted molar refractivity (Wildman–Crippen MR) is 52.2 cm³/mol. The summed E-state index contributed by atoms with van der Waals surface area (Å²) in [6.07, 6.45) is 7.21. The highest BCUT2D eigenvalue weighted by molar-refractivity contribution is 6.76. The van der Waals surface area contributed by atoms with Crippen LogP contribution in [0, 0.1) is 0 Å². The first-order valence-corrected chi connectivity index (χ1v) is 7.92. The van der Waals surface area contributed by atoms with Crippen LogP contribution < -0.4 is 0 Å². The molecule has 0 nitrogen and oxygen atoms in total. The van der Waals surface area contributed by atoms with E-state index in [0.717, 1.165) is 0 Å². The van der Waals surface area contributed by atoms with E-state index in [1.807, 2.05) is 0 Å². The number of rotatable bonds is 4. The van der Waals surface area contributed by atoms with Crippen LogP contribution in [0.2, 0.25) is 25.7 Å². The van der Waals surface area contributed by atoms with Crippen molar-refractivity contribution in [3.05, 3.63) is 12.2 Å². The molecule has 0 heterocycles. The second-order valence-electron chi connectivity index (χ2n) is 4.02. The van der Waals surface area contributed by atoms with Gasteiger partial charge in [-0.3, -0.25) is 0 Å². The zero-order valence-corrected chi connectivity index (χ0v) is 8.78. The smallest absolute Gasteiger partial charge is 0.0480 e. The number of allylic oxidation sites excluding steroid dienone is 2. The molecule has 0 aromatic rings. The minimum Gasteiger partial charge on any atom is -0.0912 e. The van der Waals surface area contributed by atoms with Crippen molar-refractivity contribution in [2.24, 2.45) is 0 Å². The summed E-state index contributed by atoms with van der Waals surface area (Å²) in [5, 5.41) is 0. The van der Waals surface area contributed by atoms with Gasteiger partial charge in [-0.2, -0.15) is 0 Å². The molecule has 0 bridgehead atoms. The minimum atomic E-state index is -0.794. The van der Waals surface area contributed by atoms with Crippen LogP contribution in [0.25, 0.3) is 0 Å². The predicted octanol–water partition coefficient (Wildman–Crippen LogP) is 3.68. The molecule has 0 aliphatic heterocycles. The van der Waals surface area contributed by atoms with Crippen LogP contribution in [-0.4, -0.2) is 8.07 Å². The van der Waals surface area contributed by atoms with E-state index in [4.69, 9.17) is 0 Å². The average Bonchev–Trinajstić information content (AvgIpc) is 1.78. The van der Waals surface area contributed by atoms with Gasteiger partial charge in [-0.1, -0.05) is 45.1 Å². The first-order valence-electron chi connectivity index (χ1n) is 4.21. The monoisotopic (exact) mass is 156 g/mol. The fourth-order valence-corrected chi connectivity index (χ4v) is 1.60. The fourth-order valence-electron chi connectivity index (χ4n) is 0.721. The van der Waals surface area contributed by atoms with Gasteiger partial charge in [0.25, 0.3) is 0 Å². The summed E-state index contributed by atoms with van der Waals surface area (Å²) in [5.74, 6) is 0. The molecular weight excluding hydrogens is 136 g/mol. The lowest BCUT2D eigenvalue weighted by atomic mass is 10.3. The maximum Gasteiger partial charge on any atom is 0.0480 e. The van der Waals surface area contributed by atoms with Crippen LogP contribution in [-0.2, 0) is 0 Å². The number of hydrogen-bond donors (Lipinski definition) is 0. The Balaban J connectivity index is 3.34. The van der Waals surface area contributed by atoms with Crippen LogP contribution in [0.5, 0.6) is 0 Å². The molecule has 0 rings (SSSR count). The van der Waals surface area contributed by atoms with Crippen molar-refractivity contribution >= 4 is 8.07 Å². The van der Waals surface area contributed by atoms with E-state index in [0.29, 0.717) is 0 Å². The van der Waals surface area contributed by atoms with Gasteiger partial charge in [0.1, 0.15) is 0 Å². The van der Waals surface area contributed by atoms with E-state index in [9.17, 15) is 0 Å². The maximum absolute atomic E-state index is 2.41. The Bertz CT molecular complexity index is 97.8. The lowest BCUT2D eigenvalue weighted by Crippen LogP contribution is -2.17. The largest absolute Gasteiger partial charge is 0.0912 e. The number of unbranched alkanes of at least 4 members (excludes halogenated alkanes) is 1. The zero-order valence-electron chi connectivity index (χ0n) is 7.78. The second-order valence-corrected chi connectivity index (χ2v) is 9.55. The minimum absolute atomic E-state index is 0.794. The summed E-state index contributed by atoms with van der Waals surface area (Å²) in [6, 6.07) is 1.34. The van der Waals surface area contributed by atoms with E-state index in [1.54, 1.807) is 0 Å². The van der Waals surface area contributed by atoms with Gasteiger partial charge in [0.2, 0.25) is 0 Å². The van der Waals surface area contributed by atoms with Crippen LogP contribution in [0.15, 0.2) is 12.2 Å². The van der Waals surface area contributed by atoms with Crippen LogP contribution in [0.1, 0.15) is 19.8 Å². The molecule has 1 heteroatoms. The first kappa shape index (κ1) is 9.96. The Morgan fingerprint density at radius 2 is 1.70 bits per heavy atom. The molecule has 0 radical (unpaired) electrons. The molecule has 10 heavy (non-hydrogen) atoms. The summed E-state index contributed by atoms with van der Waals surface area (Å²) in [6.45, 7) is 9.44. The van der Waals surface area contributed by atoms with Gasteiger partial charge >= 0.3 is 0 Å². The third kappa shape index (κ3) is 7.96. The van der Waals surface area contributed by atoms with Crippen molar-refractivity contribution in [1.82, 2.24) is 0 Å². The van der Waals surface area contributed by atoms with E-state index in [2.05, 4.69) is 38.7 Å². The summed E-state index contributed by atoms with van der Waals surface area (Å²) in [4.78, 5) is 0. The molecule has 0 N–H and O–H groups in total. The van der Waals surface area contributed by atoms with Crippen molar-refractivity contribution < 1.29 is 0 Å². The van der Waals surface area contributed by atoms with Gasteiger partial charge in [0, 0.05) is 8.07 Å². The quantitative estimate of drug-likeness (QED) is 0.430. The molecule has 0 amide bonds. The molecule has 0 aromatic heterocycles. The first-order chi connectivity index (χ1) is 4.56. The lowest BCUT2D eigenvalue weighted by Gasteiger charge is -2.11. The topological polar surface area (TPSA) is 0 Å². The standard InChI is InChI=1S/C9H20Si/c1-5-6-7-8-9-10(2,3)4/h7-8H,5-6,9H2,1-4H3/b8-7+. The van der Waals surface area contributed by atoms with Crippen molar-refractivity contribution in [3.63, 3.8) is 0 Å². The summed E-state index contributed by atoms with van der Waals surface area (Å²) < 4.78 is 0. The molecule has 0 aromatic carbocycles. The van der Waals surface area contributed by atoms with Crippen molar-refractivity contribution in [2.45, 2.75) is 45.5 Å². The zero-order chi connectivity index (χ0) is 8.04. The Kier molecular flexibility index (Phi) is 4.70. The third-order valence-corrected chi connectivity index (χ3v) is 2.81. The molecule has 0 atom stereocenters. The van der Waals surface area contributed by atoms with E-state index >= 15 is 0 Å². The molecule has 0 fully saturated rings. The van der Waals surface area contributed by atoms with Crippen LogP contribution in [0.4, 0.5) is 0 Å². The Hall–Kier alpha value is -0.0431. The summed E-state index contributed by atoms with van der Waals surface area (Å²) in [7, 11) is -0.794. The normalized spacial score (nSPS) is 12.8. The van der Waals surface area contributed by atoms with Crippen molar-refractivity contribution in [1.29, 1.82) is 0 Å². The molecule has 0 aliphatic rings. The summed E-state index contributed by atoms with van der Waals surface area (Å²) in [5.41, 5.74) is 0. The van der Waals surface area contributed by atoms with E-state index in [-0.39, 0.29) is 0 Å². The highest BCUT2D eigenvalue weighted by Crippen LogP contribution is 2.08. The highest BCUT2D eigenvalue weighted by atomic mass is 28.3. The number of hydrogen-bond acceptors (Lipinski definition) is 0. The SMILES string of the molecule is CCC/C=C/C[Si](C)(C)C. The van der Waals surface area contributed by atoms with Gasteiger partial charge < -0.3 is 0 Å². The average molecular weight is 156 g/mol. The van der Waals surface area contributed by atoms with Gasteiger partial charge in [-0.15, -0.1) is 0 Å². The fraction of sp³-hybridized carbons (Fsp3) is 0.778. The van der Waals surface area contributed by atoms with Crippen LogP contribution in [0.3, 0.4) is 0 Å². The molecule has 0 saturated carbocycles. The summed E-state index contributed by atoms with van der Waals surface area (Å²) >= 11 is 0. The van der Waals surface area contributed by atoms with Gasteiger partial charge in [-0.05, 0) is 12.5 Å². The molecule has 60 valence electrons. The molecule has 0 spiro atoms. The molecule has 0 aliphatic carbocycles. The van der Waals surface area contributed by atoms with Gasteiger partial charge in [-0.25, -0.2) is 0 Å². The molecule has 0 saturated heterocycles. The van der Waals surface area contributed by atoms with E-state index < -0.39 is 8.07 Å². The highest BCUT2D eigenvalue weighted by Gasteiger charge is 2.08. The lowest BCUT2D eigenvalue weighted by molar-refractivity contribution is 0.956. The van der Waals surface area contributed by atoms with Crippen molar-refractivity contribution in [2.75, 3.05) is 0 Å². The Morgan fingerprint density at radius 3 is 2.10 bits per heavy atom. The Morgan fingerprint density at radius 1 is 1.10 bits per heavy atom. The third-order valence-electron chi connectivity index (χ3n) is 1.35. The maximum atomic E-state index is 2.41. The Labute approximate surface area is 66.4 Å². The second kappa shape index (κ2) is 4.72. The van der Waals surface area contributed by atoms with Crippen LogP contribution >= 0.6 is 0 Å². The van der Waals surface area contributed by atoms with Gasteiger partial charge in [0.15, 0.2) is 0 Å². The molecular formula is C9H20Si. The molecule has 0 unspecified atom stereocenters. The van der Waals surface area contributed by atoms with E-state index in [1.165, 1.54) is 18.9 Å². The van der Waals surface area contributed by atoms with Gasteiger partial charge in [0.05, 0.1) is 0 Å². The van der Waals surface area contributed by atoms with Crippen molar-refractivity contribution in [3.8, 4) is 0 Å².